The maximum absolute atomic E-state index is 3.54. The molecule has 1 aromatic carbocycles. The fourth-order valence-corrected chi connectivity index (χ4v) is 6.34. The van der Waals surface area contributed by atoms with Crippen molar-refractivity contribution in [1.29, 1.82) is 0 Å². The Kier molecular flexibility index (Phi) is 14.0. The van der Waals surface area contributed by atoms with Crippen LogP contribution in [0.2, 0.25) is 12.6 Å². The second-order valence-electron chi connectivity index (χ2n) is 5.19. The number of rotatable bonds is 3. The first-order chi connectivity index (χ1) is 8.08. The van der Waals surface area contributed by atoms with Gasteiger partial charge in [0, 0.05) is 8.07 Å². The second kappa shape index (κ2) is 11.1. The number of benzene rings is 1. The van der Waals surface area contributed by atoms with Gasteiger partial charge in [-0.25, -0.2) is 5.57 Å². The molecular weight excluding hydrogens is 374 g/mol. The van der Waals surface area contributed by atoms with E-state index in [0.29, 0.717) is 5.92 Å². The van der Waals surface area contributed by atoms with E-state index in [4.69, 9.17) is 0 Å². The van der Waals surface area contributed by atoms with Crippen LogP contribution in [0.15, 0.2) is 47.2 Å². The van der Waals surface area contributed by atoms with Gasteiger partial charge in [0.25, 0.3) is 0 Å². The third-order valence-corrected chi connectivity index (χ3v) is 8.73. The maximum atomic E-state index is 3.54. The predicted molar refractivity (Wildman–Crippen MR) is 77.9 cm³/mol. The number of allylic oxidation sites excluding steroid dienone is 4. The van der Waals surface area contributed by atoms with Crippen molar-refractivity contribution in [2.75, 3.05) is 0 Å². The first-order valence-corrected chi connectivity index (χ1v) is 9.17. The average Bonchev–Trinajstić information content (AvgIpc) is 2.69. The van der Waals surface area contributed by atoms with Crippen LogP contribution in [0.4, 0.5) is 0 Å². The van der Waals surface area contributed by atoms with Gasteiger partial charge in [0.1, 0.15) is 0 Å². The molecule has 2 rings (SSSR count). The van der Waals surface area contributed by atoms with E-state index in [1.54, 1.807) is 10.4 Å². The Morgan fingerprint density at radius 2 is 1.62 bits per heavy atom. The van der Waals surface area contributed by atoms with Crippen molar-refractivity contribution >= 4 is 13.3 Å². The fourth-order valence-electron chi connectivity index (χ4n) is 2.79. The van der Waals surface area contributed by atoms with Crippen LogP contribution in [0.5, 0.6) is 0 Å². The molecule has 5 heteroatoms. The summed E-state index contributed by atoms with van der Waals surface area (Å²) in [6.45, 7) is 9.26. The molecule has 0 spiro atoms. The van der Waals surface area contributed by atoms with Crippen molar-refractivity contribution in [3.8, 4) is 0 Å². The van der Waals surface area contributed by atoms with Gasteiger partial charge in [-0.05, 0) is 0 Å². The minimum atomic E-state index is -1.51. The molecule has 0 N–H and O–H groups in total. The number of hydrogen-bond donors (Lipinski definition) is 0. The van der Waals surface area contributed by atoms with E-state index in [9.17, 15) is 0 Å². The van der Waals surface area contributed by atoms with E-state index in [1.807, 2.05) is 0 Å². The largest absolute Gasteiger partial charge is 4.00 e. The second-order valence-corrected chi connectivity index (χ2v) is 9.68. The van der Waals surface area contributed by atoms with E-state index in [2.05, 4.69) is 69.8 Å². The summed E-state index contributed by atoms with van der Waals surface area (Å²) in [6, 6.07) is 12.3. The molecule has 0 saturated heterocycles. The molecule has 0 saturated carbocycles. The topological polar surface area (TPSA) is 0 Å². The van der Waals surface area contributed by atoms with Gasteiger partial charge in [0.05, 0.1) is 0 Å². The molecule has 2 unspecified atom stereocenters. The molecule has 0 amide bonds. The first-order valence-electron chi connectivity index (χ1n) is 6.46. The number of hydrogen-bond acceptors (Lipinski definition) is 0. The average molecular weight is 396 g/mol. The third kappa shape index (κ3) is 5.57. The molecular formula is C16H21Cl3SiTi. The van der Waals surface area contributed by atoms with Gasteiger partial charge in [0.15, 0.2) is 0 Å². The molecule has 2 atom stereocenters. The van der Waals surface area contributed by atoms with Gasteiger partial charge in [-0.1, -0.05) is 74.8 Å². The zero-order valence-corrected chi connectivity index (χ0v) is 17.7. The number of halogens is 3. The zero-order chi connectivity index (χ0) is 12.5. The standard InChI is InChI=1S/C16H21Si.3ClH.Ti/c1-5-17(4,15-9-7-6-8-10-15)16-12-13(2)11-14(16)3;;;;/h6-10,12-13H,5H2,1-4H3;3*1H;/q-1;;;;+4/p-3. The van der Waals surface area contributed by atoms with Crippen LogP contribution >= 0.6 is 0 Å². The molecule has 1 aliphatic carbocycles. The monoisotopic (exact) mass is 394 g/mol. The van der Waals surface area contributed by atoms with E-state index in [1.165, 1.54) is 11.6 Å². The predicted octanol–water partition coefficient (Wildman–Crippen LogP) is -5.13. The van der Waals surface area contributed by atoms with Gasteiger partial charge in [-0.15, -0.1) is 0 Å². The molecule has 0 nitrogen and oxygen atoms in total. The molecule has 0 fully saturated rings. The normalized spacial score (nSPS) is 18.6. The minimum absolute atomic E-state index is 0. The summed E-state index contributed by atoms with van der Waals surface area (Å²) in [6.07, 6.45) is 5.96. The van der Waals surface area contributed by atoms with Gasteiger partial charge >= 0.3 is 21.7 Å². The SMILES string of the molecule is CC[Si](C)(C1=CC(C)[C-]=C1C)c1ccccc1.[Cl-].[Cl-].[Cl-].[Ti+4]. The van der Waals surface area contributed by atoms with Crippen LogP contribution in [0, 0.1) is 12.0 Å². The zero-order valence-electron chi connectivity index (χ0n) is 12.9. The Labute approximate surface area is 164 Å². The van der Waals surface area contributed by atoms with Crippen molar-refractivity contribution in [2.24, 2.45) is 5.92 Å². The Hall–Kier alpha value is 0.501. The Morgan fingerprint density at radius 3 is 2.00 bits per heavy atom. The maximum Gasteiger partial charge on any atom is 4.00 e. The summed E-state index contributed by atoms with van der Waals surface area (Å²) in [5.41, 5.74) is 1.39. The van der Waals surface area contributed by atoms with Crippen molar-refractivity contribution in [3.05, 3.63) is 53.3 Å². The fraction of sp³-hybridized carbons (Fsp3) is 0.375. The van der Waals surface area contributed by atoms with Gasteiger partial charge < -0.3 is 37.2 Å². The molecule has 0 aliphatic heterocycles. The van der Waals surface area contributed by atoms with Gasteiger partial charge in [0.2, 0.25) is 0 Å². The minimum Gasteiger partial charge on any atom is -1.00 e. The molecule has 0 bridgehead atoms. The van der Waals surface area contributed by atoms with Crippen LogP contribution in [-0.2, 0) is 21.7 Å². The quantitative estimate of drug-likeness (QED) is 0.355. The Balaban J connectivity index is -0.000000810. The van der Waals surface area contributed by atoms with Crippen molar-refractivity contribution in [3.63, 3.8) is 0 Å². The van der Waals surface area contributed by atoms with Crippen LogP contribution < -0.4 is 42.4 Å². The van der Waals surface area contributed by atoms with E-state index < -0.39 is 8.07 Å². The molecule has 0 radical (unpaired) electrons. The summed E-state index contributed by atoms with van der Waals surface area (Å²) < 4.78 is 0. The summed E-state index contributed by atoms with van der Waals surface area (Å²) in [5, 5.41) is 3.14. The smallest absolute Gasteiger partial charge is 1.00 e. The van der Waals surface area contributed by atoms with Crippen LogP contribution in [-0.4, -0.2) is 8.07 Å². The molecule has 0 aromatic heterocycles. The molecule has 21 heavy (non-hydrogen) atoms. The summed E-state index contributed by atoms with van der Waals surface area (Å²) in [7, 11) is -1.51. The summed E-state index contributed by atoms with van der Waals surface area (Å²) in [5.74, 6) is 0.493. The Bertz CT molecular complexity index is 474. The summed E-state index contributed by atoms with van der Waals surface area (Å²) >= 11 is 0. The molecule has 0 heterocycles. The van der Waals surface area contributed by atoms with Crippen LogP contribution in [0.1, 0.15) is 20.8 Å². The van der Waals surface area contributed by atoms with Crippen LogP contribution in [0.3, 0.4) is 0 Å². The van der Waals surface area contributed by atoms with E-state index in [0.717, 1.165) is 0 Å². The van der Waals surface area contributed by atoms with Crippen LogP contribution in [0.25, 0.3) is 0 Å². The van der Waals surface area contributed by atoms with Gasteiger partial charge in [-0.2, -0.15) is 11.3 Å². The van der Waals surface area contributed by atoms with E-state index >= 15 is 0 Å². The van der Waals surface area contributed by atoms with Crippen molar-refractivity contribution in [2.45, 2.75) is 33.4 Å². The summed E-state index contributed by atoms with van der Waals surface area (Å²) in [4.78, 5) is 0. The van der Waals surface area contributed by atoms with Crippen molar-refractivity contribution < 1.29 is 58.9 Å². The Morgan fingerprint density at radius 1 is 1.10 bits per heavy atom. The van der Waals surface area contributed by atoms with Gasteiger partial charge in [-0.3, -0.25) is 6.08 Å². The molecule has 114 valence electrons. The molecule has 1 aliphatic rings. The molecule has 1 aromatic rings. The van der Waals surface area contributed by atoms with E-state index in [-0.39, 0.29) is 58.9 Å². The third-order valence-electron chi connectivity index (χ3n) is 3.98. The van der Waals surface area contributed by atoms with Crippen molar-refractivity contribution in [1.82, 2.24) is 0 Å². The first kappa shape index (κ1) is 26.4.